The molecule has 0 fully saturated rings. The number of hydrogen-bond donors (Lipinski definition) is 0. The van der Waals surface area contributed by atoms with E-state index >= 15 is 0 Å². The van der Waals surface area contributed by atoms with Crippen LogP contribution in [0.1, 0.15) is 39.2 Å². The number of hydrogen-bond acceptors (Lipinski definition) is 2. The lowest BCUT2D eigenvalue weighted by Gasteiger charge is -2.30. The lowest BCUT2D eigenvalue weighted by Crippen LogP contribution is -2.37. The van der Waals surface area contributed by atoms with Crippen LogP contribution in [0.3, 0.4) is 0 Å². The van der Waals surface area contributed by atoms with Crippen LogP contribution >= 0.6 is 0 Å². The fourth-order valence-corrected chi connectivity index (χ4v) is 2.46. The molecule has 2 nitrogen and oxygen atoms in total. The Balaban J connectivity index is 2.19. The maximum absolute atomic E-state index is 12.5. The van der Waals surface area contributed by atoms with E-state index in [4.69, 9.17) is 4.74 Å². The highest BCUT2D eigenvalue weighted by Crippen LogP contribution is 2.38. The molecule has 0 spiro atoms. The van der Waals surface area contributed by atoms with Crippen LogP contribution < -0.4 is 0 Å². The summed E-state index contributed by atoms with van der Waals surface area (Å²) in [4.78, 5) is 12.5. The van der Waals surface area contributed by atoms with Crippen LogP contribution in [0.2, 0.25) is 0 Å². The zero-order valence-electron chi connectivity index (χ0n) is 12.0. The molecule has 1 aromatic rings. The molecular weight excluding hydrogens is 236 g/mol. The van der Waals surface area contributed by atoms with Gasteiger partial charge in [-0.05, 0) is 45.6 Å². The Labute approximate surface area is 115 Å². The van der Waals surface area contributed by atoms with Gasteiger partial charge in [-0.3, -0.25) is 4.79 Å². The first-order valence-corrected chi connectivity index (χ1v) is 6.86. The summed E-state index contributed by atoms with van der Waals surface area (Å²) in [5.74, 6) is -0.0994. The van der Waals surface area contributed by atoms with Gasteiger partial charge in [-0.2, -0.15) is 0 Å². The molecule has 0 aromatic heterocycles. The minimum Gasteiger partial charge on any atom is -0.459 e. The maximum atomic E-state index is 12.5. The third-order valence-corrected chi connectivity index (χ3v) is 3.36. The quantitative estimate of drug-likeness (QED) is 0.607. The van der Waals surface area contributed by atoms with Crippen LogP contribution in [0.15, 0.2) is 42.5 Å². The van der Waals surface area contributed by atoms with E-state index in [0.29, 0.717) is 0 Å². The summed E-state index contributed by atoms with van der Waals surface area (Å²) in [6, 6.07) is 10.2. The van der Waals surface area contributed by atoms with E-state index in [1.54, 1.807) is 0 Å². The Morgan fingerprint density at radius 1 is 1.26 bits per heavy atom. The van der Waals surface area contributed by atoms with Crippen molar-refractivity contribution in [3.63, 3.8) is 0 Å². The number of ether oxygens (including phenoxy) is 1. The van der Waals surface area contributed by atoms with Gasteiger partial charge in [-0.15, -0.1) is 0 Å². The van der Waals surface area contributed by atoms with E-state index in [1.807, 2.05) is 45.0 Å². The highest BCUT2D eigenvalue weighted by Gasteiger charge is 2.41. The van der Waals surface area contributed by atoms with Crippen LogP contribution in [0.4, 0.5) is 0 Å². The van der Waals surface area contributed by atoms with Gasteiger partial charge in [-0.25, -0.2) is 0 Å². The molecule has 1 aliphatic carbocycles. The van der Waals surface area contributed by atoms with Crippen LogP contribution in [0, 0.1) is 5.41 Å². The fourth-order valence-electron chi connectivity index (χ4n) is 2.46. The van der Waals surface area contributed by atoms with Gasteiger partial charge in [0.2, 0.25) is 0 Å². The van der Waals surface area contributed by atoms with E-state index in [1.165, 1.54) is 5.56 Å². The monoisotopic (exact) mass is 258 g/mol. The molecule has 0 saturated carbocycles. The molecule has 0 radical (unpaired) electrons. The van der Waals surface area contributed by atoms with E-state index in [-0.39, 0.29) is 5.97 Å². The number of esters is 1. The molecule has 0 N–H and O–H groups in total. The van der Waals surface area contributed by atoms with Gasteiger partial charge in [0, 0.05) is 0 Å². The molecule has 0 amide bonds. The Morgan fingerprint density at radius 2 is 1.95 bits per heavy atom. The summed E-state index contributed by atoms with van der Waals surface area (Å²) in [5, 5.41) is 0. The third-order valence-electron chi connectivity index (χ3n) is 3.36. The summed E-state index contributed by atoms with van der Waals surface area (Å²) in [6.07, 6.45) is 6.64. The van der Waals surface area contributed by atoms with Crippen molar-refractivity contribution in [3.05, 3.63) is 48.0 Å². The molecule has 0 unspecified atom stereocenters. The molecule has 102 valence electrons. The van der Waals surface area contributed by atoms with Crippen LogP contribution in [-0.4, -0.2) is 11.6 Å². The largest absolute Gasteiger partial charge is 0.459 e. The normalized spacial score (nSPS) is 22.5. The molecule has 0 saturated heterocycles. The highest BCUT2D eigenvalue weighted by molar-refractivity contribution is 5.80. The number of benzene rings is 1. The zero-order valence-corrected chi connectivity index (χ0v) is 12.0. The Bertz CT molecular complexity index is 468. The van der Waals surface area contributed by atoms with Crippen molar-refractivity contribution in [2.24, 2.45) is 5.41 Å². The minimum atomic E-state index is -0.478. The summed E-state index contributed by atoms with van der Waals surface area (Å²) < 4.78 is 5.61. The first kappa shape index (κ1) is 13.9. The first-order chi connectivity index (χ1) is 8.91. The van der Waals surface area contributed by atoms with Crippen molar-refractivity contribution in [2.45, 2.75) is 45.6 Å². The average molecular weight is 258 g/mol. The fraction of sp³-hybridized carbons (Fsp3) is 0.471. The average Bonchev–Trinajstić information content (AvgIpc) is 2.78. The number of allylic oxidation sites excluding steroid dienone is 1. The van der Waals surface area contributed by atoms with Crippen molar-refractivity contribution in [2.75, 3.05) is 0 Å². The molecule has 0 heterocycles. The van der Waals surface area contributed by atoms with Gasteiger partial charge >= 0.3 is 5.97 Å². The second kappa shape index (κ2) is 5.20. The van der Waals surface area contributed by atoms with Crippen molar-refractivity contribution in [1.82, 2.24) is 0 Å². The van der Waals surface area contributed by atoms with Crippen molar-refractivity contribution in [3.8, 4) is 0 Å². The second-order valence-corrected chi connectivity index (χ2v) is 6.26. The molecule has 1 atom stereocenters. The van der Waals surface area contributed by atoms with Gasteiger partial charge in [0.05, 0.1) is 5.41 Å². The zero-order chi connectivity index (χ0) is 13.9. The molecule has 0 bridgehead atoms. The maximum Gasteiger partial charge on any atom is 0.316 e. The molecule has 1 aliphatic rings. The predicted octanol–water partition coefficient (Wildman–Crippen LogP) is 3.91. The van der Waals surface area contributed by atoms with Crippen molar-refractivity contribution >= 4 is 5.97 Å². The van der Waals surface area contributed by atoms with Crippen LogP contribution in [0.5, 0.6) is 0 Å². The van der Waals surface area contributed by atoms with Gasteiger partial charge in [-0.1, -0.05) is 42.5 Å². The highest BCUT2D eigenvalue weighted by atomic mass is 16.6. The van der Waals surface area contributed by atoms with E-state index in [9.17, 15) is 4.79 Å². The van der Waals surface area contributed by atoms with Gasteiger partial charge < -0.3 is 4.74 Å². The second-order valence-electron chi connectivity index (χ2n) is 6.26. The first-order valence-electron chi connectivity index (χ1n) is 6.86. The third kappa shape index (κ3) is 3.46. The van der Waals surface area contributed by atoms with Gasteiger partial charge in [0.1, 0.15) is 5.60 Å². The Hall–Kier alpha value is -1.57. The number of carbonyl (C=O) groups excluding carboxylic acids is 1. The molecule has 1 aromatic carbocycles. The topological polar surface area (TPSA) is 26.3 Å². The lowest BCUT2D eigenvalue weighted by molar-refractivity contribution is -0.164. The number of carbonyl (C=O) groups is 1. The standard InChI is InChI=1S/C17H22O2/c1-16(2,3)19-15(18)17(11-7-8-12-17)13-14-9-5-4-6-10-14/h4-7,9-11H,8,12-13H2,1-3H3/t17-/m0/s1. The van der Waals surface area contributed by atoms with Crippen molar-refractivity contribution < 1.29 is 9.53 Å². The summed E-state index contributed by atoms with van der Waals surface area (Å²) >= 11 is 0. The molecule has 2 rings (SSSR count). The summed E-state index contributed by atoms with van der Waals surface area (Å²) in [7, 11) is 0. The molecule has 0 aliphatic heterocycles. The number of rotatable bonds is 3. The van der Waals surface area contributed by atoms with E-state index in [2.05, 4.69) is 18.2 Å². The summed E-state index contributed by atoms with van der Waals surface area (Å²) in [5.41, 5.74) is 0.270. The van der Waals surface area contributed by atoms with Crippen LogP contribution in [-0.2, 0) is 16.0 Å². The minimum absolute atomic E-state index is 0.0994. The molecule has 2 heteroatoms. The smallest absolute Gasteiger partial charge is 0.316 e. The van der Waals surface area contributed by atoms with E-state index in [0.717, 1.165) is 19.3 Å². The Kier molecular flexibility index (Phi) is 3.79. The lowest BCUT2D eigenvalue weighted by atomic mass is 9.81. The van der Waals surface area contributed by atoms with Crippen LogP contribution in [0.25, 0.3) is 0 Å². The molecule has 19 heavy (non-hydrogen) atoms. The Morgan fingerprint density at radius 3 is 2.47 bits per heavy atom. The summed E-state index contributed by atoms with van der Waals surface area (Å²) in [6.45, 7) is 5.75. The predicted molar refractivity (Wildman–Crippen MR) is 76.8 cm³/mol. The van der Waals surface area contributed by atoms with Gasteiger partial charge in [0.25, 0.3) is 0 Å². The molecular formula is C17H22O2. The van der Waals surface area contributed by atoms with Crippen molar-refractivity contribution in [1.29, 1.82) is 0 Å². The van der Waals surface area contributed by atoms with Gasteiger partial charge in [0.15, 0.2) is 0 Å². The SMILES string of the molecule is CC(C)(C)OC(=O)[C@@]1(Cc2ccccc2)C=CCC1. The van der Waals surface area contributed by atoms with E-state index < -0.39 is 11.0 Å².